The molecular formula is C11H12N4O4S. The van der Waals surface area contributed by atoms with Crippen molar-refractivity contribution in [1.82, 2.24) is 9.55 Å². The van der Waals surface area contributed by atoms with E-state index in [4.69, 9.17) is 5.14 Å². The molecule has 0 aliphatic heterocycles. The molecule has 0 saturated heterocycles. The summed E-state index contributed by atoms with van der Waals surface area (Å²) in [6.07, 6.45) is 1.27. The van der Waals surface area contributed by atoms with Gasteiger partial charge in [0.25, 0.3) is 15.7 Å². The zero-order valence-electron chi connectivity index (χ0n) is 10.6. The van der Waals surface area contributed by atoms with Gasteiger partial charge in [0.15, 0.2) is 5.03 Å². The number of nitrogens with zero attached hydrogens (tertiary/aromatic N) is 3. The molecular weight excluding hydrogens is 284 g/mol. The highest BCUT2D eigenvalue weighted by atomic mass is 32.2. The molecule has 2 N–H and O–H groups in total. The highest BCUT2D eigenvalue weighted by Crippen LogP contribution is 2.20. The van der Waals surface area contributed by atoms with Crippen molar-refractivity contribution in [2.75, 3.05) is 0 Å². The number of hydrogen-bond acceptors (Lipinski definition) is 5. The third kappa shape index (κ3) is 2.83. The molecule has 2 rings (SSSR count). The fourth-order valence-corrected chi connectivity index (χ4v) is 2.32. The van der Waals surface area contributed by atoms with E-state index in [1.807, 2.05) is 0 Å². The summed E-state index contributed by atoms with van der Waals surface area (Å²) in [4.78, 5) is 14.3. The van der Waals surface area contributed by atoms with E-state index in [-0.39, 0.29) is 17.3 Å². The van der Waals surface area contributed by atoms with Gasteiger partial charge in [0.05, 0.1) is 11.5 Å². The predicted octanol–water partition coefficient (Wildman–Crippen LogP) is 0.795. The molecule has 0 fully saturated rings. The fourth-order valence-electron chi connectivity index (χ4n) is 1.78. The minimum absolute atomic E-state index is 0.0299. The molecule has 0 atom stereocenters. The Morgan fingerprint density at radius 1 is 1.40 bits per heavy atom. The third-order valence-electron chi connectivity index (χ3n) is 2.77. The number of nitro groups is 1. The molecule has 1 aromatic heterocycles. The minimum Gasteiger partial charge on any atom is -0.329 e. The number of nitrogens with two attached hydrogens (primary N) is 1. The van der Waals surface area contributed by atoms with Gasteiger partial charge in [-0.25, -0.2) is 18.5 Å². The first-order valence-electron chi connectivity index (χ1n) is 5.58. The Bertz CT molecular complexity index is 766. The summed E-state index contributed by atoms with van der Waals surface area (Å²) in [7, 11) is -3.89. The summed E-state index contributed by atoms with van der Waals surface area (Å²) in [6, 6.07) is 6.24. The zero-order valence-corrected chi connectivity index (χ0v) is 11.4. The lowest BCUT2D eigenvalue weighted by molar-refractivity contribution is -0.385. The van der Waals surface area contributed by atoms with Crippen LogP contribution in [0.15, 0.2) is 35.5 Å². The van der Waals surface area contributed by atoms with Crippen LogP contribution in [0.4, 0.5) is 5.69 Å². The zero-order chi connectivity index (χ0) is 14.9. The molecule has 0 aliphatic carbocycles. The molecule has 1 aromatic carbocycles. The van der Waals surface area contributed by atoms with Crippen LogP contribution in [0.25, 0.3) is 0 Å². The Hall–Kier alpha value is -2.26. The summed E-state index contributed by atoms with van der Waals surface area (Å²) < 4.78 is 23.9. The molecule has 0 aliphatic rings. The molecule has 20 heavy (non-hydrogen) atoms. The van der Waals surface area contributed by atoms with Crippen molar-refractivity contribution < 1.29 is 13.3 Å². The molecule has 9 heteroatoms. The van der Waals surface area contributed by atoms with Crippen molar-refractivity contribution in [2.24, 2.45) is 5.14 Å². The molecule has 0 bridgehead atoms. The minimum atomic E-state index is -3.89. The molecule has 8 nitrogen and oxygen atoms in total. The number of nitro benzene ring substituents is 1. The summed E-state index contributed by atoms with van der Waals surface area (Å²) in [5.41, 5.74) is 0.428. The highest BCUT2D eigenvalue weighted by molar-refractivity contribution is 7.89. The normalized spacial score (nSPS) is 11.5. The molecule has 0 radical (unpaired) electrons. The largest absolute Gasteiger partial charge is 0.329 e. The van der Waals surface area contributed by atoms with Gasteiger partial charge in [0.1, 0.15) is 5.82 Å². The first kappa shape index (κ1) is 14.2. The predicted molar refractivity (Wildman–Crippen MR) is 70.5 cm³/mol. The van der Waals surface area contributed by atoms with E-state index in [2.05, 4.69) is 4.98 Å². The number of primary sulfonamides is 1. The standard InChI is InChI=1S/C11H12N4O4S/c1-8-13-11(20(12,18)19)7-14(8)6-9-4-2-3-5-10(9)15(16)17/h2-5,7H,6H2,1H3,(H2,12,18,19). The third-order valence-corrected chi connectivity index (χ3v) is 3.55. The van der Waals surface area contributed by atoms with E-state index < -0.39 is 14.9 Å². The summed E-state index contributed by atoms with van der Waals surface area (Å²) in [5, 5.41) is 15.7. The SMILES string of the molecule is Cc1nc(S(N)(=O)=O)cn1Cc1ccccc1[N+](=O)[O-]. The number of benzene rings is 1. The van der Waals surface area contributed by atoms with Gasteiger partial charge in [-0.1, -0.05) is 18.2 Å². The lowest BCUT2D eigenvalue weighted by Gasteiger charge is -2.05. The van der Waals surface area contributed by atoms with E-state index in [1.165, 1.54) is 16.8 Å². The second-order valence-electron chi connectivity index (χ2n) is 4.19. The van der Waals surface area contributed by atoms with E-state index >= 15 is 0 Å². The monoisotopic (exact) mass is 296 g/mol. The molecule has 0 amide bonds. The lowest BCUT2D eigenvalue weighted by Crippen LogP contribution is -2.12. The van der Waals surface area contributed by atoms with E-state index in [0.717, 1.165) is 0 Å². The maximum Gasteiger partial charge on any atom is 0.274 e. The van der Waals surface area contributed by atoms with Crippen LogP contribution in [0.3, 0.4) is 0 Å². The molecule has 2 aromatic rings. The summed E-state index contributed by atoms with van der Waals surface area (Å²) in [5.74, 6) is 0.409. The number of hydrogen-bond donors (Lipinski definition) is 1. The van der Waals surface area contributed by atoms with Crippen molar-refractivity contribution in [3.05, 3.63) is 52.0 Å². The Labute approximate surface area is 115 Å². The van der Waals surface area contributed by atoms with Crippen molar-refractivity contribution in [3.63, 3.8) is 0 Å². The van der Waals surface area contributed by atoms with Crippen LogP contribution >= 0.6 is 0 Å². The van der Waals surface area contributed by atoms with Gasteiger partial charge in [-0.2, -0.15) is 0 Å². The number of aromatic nitrogens is 2. The summed E-state index contributed by atoms with van der Waals surface area (Å²) in [6.45, 7) is 1.74. The van der Waals surface area contributed by atoms with Crippen LogP contribution in [-0.2, 0) is 16.6 Å². The number of aryl methyl sites for hydroxylation is 1. The first-order valence-corrected chi connectivity index (χ1v) is 7.12. The highest BCUT2D eigenvalue weighted by Gasteiger charge is 2.17. The smallest absolute Gasteiger partial charge is 0.274 e. The van der Waals surface area contributed by atoms with E-state index in [1.54, 1.807) is 25.1 Å². The van der Waals surface area contributed by atoms with Gasteiger partial charge >= 0.3 is 0 Å². The van der Waals surface area contributed by atoms with Gasteiger partial charge in [-0.05, 0) is 6.92 Å². The van der Waals surface area contributed by atoms with Crippen LogP contribution in [0.2, 0.25) is 0 Å². The quantitative estimate of drug-likeness (QED) is 0.660. The Morgan fingerprint density at radius 2 is 2.05 bits per heavy atom. The molecule has 0 spiro atoms. The van der Waals surface area contributed by atoms with Crippen molar-refractivity contribution >= 4 is 15.7 Å². The first-order chi connectivity index (χ1) is 9.29. The Balaban J connectivity index is 2.41. The average Bonchev–Trinajstić information content (AvgIpc) is 2.71. The Kier molecular flexibility index (Phi) is 3.55. The van der Waals surface area contributed by atoms with Gasteiger partial charge in [-0.15, -0.1) is 0 Å². The number of imidazole rings is 1. The van der Waals surface area contributed by atoms with Gasteiger partial charge in [-0.3, -0.25) is 10.1 Å². The second kappa shape index (κ2) is 5.02. The fraction of sp³-hybridized carbons (Fsp3) is 0.182. The summed E-state index contributed by atoms with van der Waals surface area (Å²) >= 11 is 0. The molecule has 1 heterocycles. The number of sulfonamides is 1. The van der Waals surface area contributed by atoms with Crippen LogP contribution in [-0.4, -0.2) is 22.9 Å². The maximum atomic E-state index is 11.2. The topological polar surface area (TPSA) is 121 Å². The average molecular weight is 296 g/mol. The lowest BCUT2D eigenvalue weighted by atomic mass is 10.2. The number of para-hydroxylation sites is 1. The van der Waals surface area contributed by atoms with Crippen LogP contribution in [0, 0.1) is 17.0 Å². The van der Waals surface area contributed by atoms with Gasteiger partial charge in [0, 0.05) is 17.8 Å². The second-order valence-corrected chi connectivity index (χ2v) is 5.69. The molecule has 106 valence electrons. The van der Waals surface area contributed by atoms with Crippen LogP contribution in [0.5, 0.6) is 0 Å². The van der Waals surface area contributed by atoms with Crippen molar-refractivity contribution in [3.8, 4) is 0 Å². The van der Waals surface area contributed by atoms with Crippen molar-refractivity contribution in [2.45, 2.75) is 18.5 Å². The van der Waals surface area contributed by atoms with Crippen LogP contribution in [0.1, 0.15) is 11.4 Å². The van der Waals surface area contributed by atoms with Gasteiger partial charge < -0.3 is 4.57 Å². The number of rotatable bonds is 4. The maximum absolute atomic E-state index is 11.2. The van der Waals surface area contributed by atoms with Gasteiger partial charge in [0.2, 0.25) is 0 Å². The van der Waals surface area contributed by atoms with Crippen molar-refractivity contribution in [1.29, 1.82) is 0 Å². The van der Waals surface area contributed by atoms with E-state index in [0.29, 0.717) is 11.4 Å². The van der Waals surface area contributed by atoms with E-state index in [9.17, 15) is 18.5 Å². The Morgan fingerprint density at radius 3 is 2.60 bits per heavy atom. The molecule has 0 unspecified atom stereocenters. The molecule has 0 saturated carbocycles. The van der Waals surface area contributed by atoms with Crippen LogP contribution < -0.4 is 5.14 Å².